The van der Waals surface area contributed by atoms with Crippen molar-refractivity contribution in [1.82, 2.24) is 0 Å². The lowest BCUT2D eigenvalue weighted by molar-refractivity contribution is 0.0998. The monoisotopic (exact) mass is 294 g/mol. The van der Waals surface area contributed by atoms with E-state index in [4.69, 9.17) is 0 Å². The van der Waals surface area contributed by atoms with Crippen LogP contribution in [-0.4, -0.2) is 13.9 Å². The Balaban J connectivity index is 2.66. The lowest BCUT2D eigenvalue weighted by Crippen LogP contribution is -2.16. The fraction of sp³-hybridized carbons (Fsp3) is 0.308. The fourth-order valence-electron chi connectivity index (χ4n) is 1.13. The van der Waals surface area contributed by atoms with Crippen LogP contribution in [0.3, 0.4) is 0 Å². The standard InChI is InChI=1S/C13H15BrOSi/c1-16(2,3)10-4-5-13(15)11-6-8-12(14)9-7-11/h6-9H,5H2,1-3H3. The number of rotatable bonds is 2. The van der Waals surface area contributed by atoms with Crippen LogP contribution in [0.15, 0.2) is 28.7 Å². The molecule has 0 heterocycles. The van der Waals surface area contributed by atoms with E-state index in [2.05, 4.69) is 47.0 Å². The molecule has 16 heavy (non-hydrogen) atoms. The van der Waals surface area contributed by atoms with Crippen molar-refractivity contribution in [3.63, 3.8) is 0 Å². The highest BCUT2D eigenvalue weighted by atomic mass is 79.9. The summed E-state index contributed by atoms with van der Waals surface area (Å²) in [5.41, 5.74) is 3.92. The molecule has 0 aromatic heterocycles. The van der Waals surface area contributed by atoms with E-state index >= 15 is 0 Å². The maximum atomic E-state index is 11.7. The predicted octanol–water partition coefficient (Wildman–Crippen LogP) is 3.90. The first-order valence-electron chi connectivity index (χ1n) is 5.17. The molecule has 1 aromatic carbocycles. The van der Waals surface area contributed by atoms with Crippen LogP contribution in [0.5, 0.6) is 0 Å². The van der Waals surface area contributed by atoms with Gasteiger partial charge in [-0.1, -0.05) is 47.7 Å². The van der Waals surface area contributed by atoms with E-state index in [1.807, 2.05) is 24.3 Å². The highest BCUT2D eigenvalue weighted by molar-refractivity contribution is 9.10. The maximum Gasteiger partial charge on any atom is 0.174 e. The molecule has 3 heteroatoms. The summed E-state index contributed by atoms with van der Waals surface area (Å²) in [6.45, 7) is 6.51. The summed E-state index contributed by atoms with van der Waals surface area (Å²) in [6.07, 6.45) is 0.325. The van der Waals surface area contributed by atoms with Crippen molar-refractivity contribution >= 4 is 29.8 Å². The summed E-state index contributed by atoms with van der Waals surface area (Å²) in [5.74, 6) is 3.08. The highest BCUT2D eigenvalue weighted by Gasteiger charge is 2.08. The van der Waals surface area contributed by atoms with Gasteiger partial charge in [0.05, 0.1) is 6.42 Å². The third kappa shape index (κ3) is 4.78. The van der Waals surface area contributed by atoms with Gasteiger partial charge in [0.2, 0.25) is 0 Å². The Hall–Kier alpha value is -0.853. The second-order valence-electron chi connectivity index (χ2n) is 4.66. The zero-order valence-corrected chi connectivity index (χ0v) is 12.4. The molecule has 0 radical (unpaired) electrons. The van der Waals surface area contributed by atoms with Crippen LogP contribution in [0, 0.1) is 11.5 Å². The maximum absolute atomic E-state index is 11.7. The van der Waals surface area contributed by atoms with Crippen LogP contribution in [0.4, 0.5) is 0 Å². The SMILES string of the molecule is C[Si](C)(C)C#CCC(=O)c1ccc(Br)cc1. The Morgan fingerprint density at radius 3 is 2.31 bits per heavy atom. The Kier molecular flexibility index (Phi) is 4.52. The quantitative estimate of drug-likeness (QED) is 0.459. The minimum atomic E-state index is -1.35. The largest absolute Gasteiger partial charge is 0.293 e. The van der Waals surface area contributed by atoms with E-state index in [0.29, 0.717) is 6.42 Å². The summed E-state index contributed by atoms with van der Waals surface area (Å²) >= 11 is 3.34. The molecular weight excluding hydrogens is 280 g/mol. The third-order valence-corrected chi connectivity index (χ3v) is 3.33. The number of benzene rings is 1. The molecule has 1 aromatic rings. The Labute approximate surface area is 106 Å². The van der Waals surface area contributed by atoms with Crippen molar-refractivity contribution in [2.24, 2.45) is 0 Å². The van der Waals surface area contributed by atoms with Crippen molar-refractivity contribution < 1.29 is 4.79 Å². The zero-order valence-electron chi connectivity index (χ0n) is 9.80. The van der Waals surface area contributed by atoms with Gasteiger partial charge in [0.25, 0.3) is 0 Å². The zero-order chi connectivity index (χ0) is 12.2. The molecule has 84 valence electrons. The normalized spacial score (nSPS) is 10.5. The summed E-state index contributed by atoms with van der Waals surface area (Å²) in [5, 5.41) is 0. The second-order valence-corrected chi connectivity index (χ2v) is 10.3. The first kappa shape index (κ1) is 13.2. The molecule has 0 aliphatic carbocycles. The summed E-state index contributed by atoms with van der Waals surface area (Å²) in [4.78, 5) is 11.7. The van der Waals surface area contributed by atoms with E-state index in [0.717, 1.165) is 10.0 Å². The Morgan fingerprint density at radius 2 is 1.81 bits per heavy atom. The fourth-order valence-corrected chi connectivity index (χ4v) is 2.01. The molecule has 0 saturated heterocycles. The molecule has 0 bridgehead atoms. The van der Waals surface area contributed by atoms with Gasteiger partial charge < -0.3 is 0 Å². The Morgan fingerprint density at radius 1 is 1.25 bits per heavy atom. The van der Waals surface area contributed by atoms with Crippen LogP contribution in [0.25, 0.3) is 0 Å². The molecule has 0 amide bonds. The topological polar surface area (TPSA) is 17.1 Å². The van der Waals surface area contributed by atoms with Crippen LogP contribution in [-0.2, 0) is 0 Å². The molecule has 1 nitrogen and oxygen atoms in total. The molecule has 0 fully saturated rings. The van der Waals surface area contributed by atoms with Gasteiger partial charge in [-0.25, -0.2) is 0 Å². The number of hydrogen-bond acceptors (Lipinski definition) is 1. The first-order chi connectivity index (χ1) is 7.38. The lowest BCUT2D eigenvalue weighted by Gasteiger charge is -2.03. The van der Waals surface area contributed by atoms with E-state index in [-0.39, 0.29) is 5.78 Å². The molecule has 0 N–H and O–H groups in total. The minimum absolute atomic E-state index is 0.0956. The highest BCUT2D eigenvalue weighted by Crippen LogP contribution is 2.11. The molecule has 0 spiro atoms. The molecule has 1 rings (SSSR count). The number of carbonyl (C=O) groups is 1. The average molecular weight is 295 g/mol. The molecule has 0 atom stereocenters. The van der Waals surface area contributed by atoms with Crippen molar-refractivity contribution in [1.29, 1.82) is 0 Å². The van der Waals surface area contributed by atoms with Gasteiger partial charge in [-0.2, -0.15) is 0 Å². The van der Waals surface area contributed by atoms with E-state index in [1.54, 1.807) is 0 Å². The minimum Gasteiger partial charge on any atom is -0.293 e. The molecule has 0 aliphatic rings. The second kappa shape index (κ2) is 5.47. The number of Topliss-reactive ketones (excluding diaryl/α,β-unsaturated/α-hetero) is 1. The molecule has 0 saturated carbocycles. The smallest absolute Gasteiger partial charge is 0.174 e. The lowest BCUT2D eigenvalue weighted by atomic mass is 10.1. The van der Waals surface area contributed by atoms with Gasteiger partial charge in [0.1, 0.15) is 8.07 Å². The van der Waals surface area contributed by atoms with Crippen LogP contribution >= 0.6 is 15.9 Å². The van der Waals surface area contributed by atoms with E-state index < -0.39 is 8.07 Å². The van der Waals surface area contributed by atoms with Crippen LogP contribution < -0.4 is 0 Å². The van der Waals surface area contributed by atoms with Crippen LogP contribution in [0.1, 0.15) is 16.8 Å². The van der Waals surface area contributed by atoms with Crippen molar-refractivity contribution in [3.8, 4) is 11.5 Å². The summed E-state index contributed by atoms with van der Waals surface area (Å²) < 4.78 is 0.984. The number of carbonyl (C=O) groups excluding carboxylic acids is 1. The van der Waals surface area contributed by atoms with Gasteiger partial charge in [0, 0.05) is 10.0 Å². The number of hydrogen-bond donors (Lipinski definition) is 0. The molecule has 0 unspecified atom stereocenters. The molecule has 0 aliphatic heterocycles. The Bertz CT molecular complexity index is 432. The van der Waals surface area contributed by atoms with Crippen LogP contribution in [0.2, 0.25) is 19.6 Å². The van der Waals surface area contributed by atoms with Gasteiger partial charge in [-0.3, -0.25) is 4.79 Å². The summed E-state index contributed by atoms with van der Waals surface area (Å²) in [6, 6.07) is 7.39. The number of ketones is 1. The van der Waals surface area contributed by atoms with Gasteiger partial charge in [-0.05, 0) is 12.1 Å². The number of halogens is 1. The molecular formula is C13H15BrOSi. The summed E-state index contributed by atoms with van der Waals surface area (Å²) in [7, 11) is -1.35. The van der Waals surface area contributed by atoms with Crippen molar-refractivity contribution in [2.45, 2.75) is 26.1 Å². The van der Waals surface area contributed by atoms with Gasteiger partial charge in [0.15, 0.2) is 5.78 Å². The third-order valence-electron chi connectivity index (χ3n) is 1.88. The van der Waals surface area contributed by atoms with E-state index in [1.165, 1.54) is 0 Å². The van der Waals surface area contributed by atoms with Gasteiger partial charge >= 0.3 is 0 Å². The van der Waals surface area contributed by atoms with E-state index in [9.17, 15) is 4.79 Å². The van der Waals surface area contributed by atoms with Crippen molar-refractivity contribution in [3.05, 3.63) is 34.3 Å². The average Bonchev–Trinajstić information content (AvgIpc) is 2.16. The van der Waals surface area contributed by atoms with Crippen molar-refractivity contribution in [2.75, 3.05) is 0 Å². The van der Waals surface area contributed by atoms with Gasteiger partial charge in [-0.15, -0.1) is 11.5 Å². The predicted molar refractivity (Wildman–Crippen MR) is 74.2 cm³/mol. The first-order valence-corrected chi connectivity index (χ1v) is 9.46.